The van der Waals surface area contributed by atoms with E-state index in [2.05, 4.69) is 11.4 Å². The van der Waals surface area contributed by atoms with Crippen LogP contribution in [-0.4, -0.2) is 12.7 Å². The van der Waals surface area contributed by atoms with Crippen molar-refractivity contribution in [2.75, 3.05) is 6.79 Å². The van der Waals surface area contributed by atoms with Gasteiger partial charge in [0.05, 0.1) is 12.1 Å². The smallest absolute Gasteiger partial charge is 0.240 e. The highest BCUT2D eigenvalue weighted by atomic mass is 16.7. The fourth-order valence-corrected chi connectivity index (χ4v) is 2.97. The van der Waals surface area contributed by atoms with Crippen molar-refractivity contribution in [2.45, 2.75) is 38.6 Å². The van der Waals surface area contributed by atoms with Crippen molar-refractivity contribution in [3.05, 3.63) is 23.8 Å². The summed E-state index contributed by atoms with van der Waals surface area (Å²) in [4.78, 5) is 12.4. The number of amides is 1. The molecular formula is C16H18N2O3. The van der Waals surface area contributed by atoms with E-state index in [0.717, 1.165) is 24.2 Å². The summed E-state index contributed by atoms with van der Waals surface area (Å²) in [7, 11) is 0. The maximum Gasteiger partial charge on any atom is 0.240 e. The van der Waals surface area contributed by atoms with Gasteiger partial charge in [0.2, 0.25) is 12.7 Å². The van der Waals surface area contributed by atoms with Gasteiger partial charge in [-0.1, -0.05) is 18.9 Å². The Morgan fingerprint density at radius 3 is 2.76 bits per heavy atom. The van der Waals surface area contributed by atoms with Crippen LogP contribution in [0, 0.1) is 16.7 Å². The van der Waals surface area contributed by atoms with E-state index in [1.54, 1.807) is 0 Å². The van der Waals surface area contributed by atoms with Gasteiger partial charge in [-0.15, -0.1) is 0 Å². The first-order chi connectivity index (χ1) is 10.1. The molecule has 21 heavy (non-hydrogen) atoms. The van der Waals surface area contributed by atoms with E-state index < -0.39 is 5.41 Å². The molecule has 1 N–H and O–H groups in total. The zero-order chi connectivity index (χ0) is 14.9. The Hall–Kier alpha value is -2.22. The third-order valence-corrected chi connectivity index (χ3v) is 4.35. The van der Waals surface area contributed by atoms with Gasteiger partial charge in [-0.25, -0.2) is 0 Å². The van der Waals surface area contributed by atoms with Crippen LogP contribution in [0.1, 0.15) is 44.2 Å². The summed E-state index contributed by atoms with van der Waals surface area (Å²) < 4.78 is 10.6. The molecule has 5 nitrogen and oxygen atoms in total. The van der Waals surface area contributed by atoms with Crippen molar-refractivity contribution in [1.82, 2.24) is 5.32 Å². The molecule has 1 atom stereocenters. The van der Waals surface area contributed by atoms with Gasteiger partial charge in [-0.2, -0.15) is 5.26 Å². The van der Waals surface area contributed by atoms with Crippen molar-refractivity contribution in [3.8, 4) is 17.6 Å². The number of benzene rings is 1. The third-order valence-electron chi connectivity index (χ3n) is 4.35. The van der Waals surface area contributed by atoms with Crippen LogP contribution in [0.5, 0.6) is 11.5 Å². The lowest BCUT2D eigenvalue weighted by Crippen LogP contribution is -2.39. The molecule has 1 unspecified atom stereocenters. The van der Waals surface area contributed by atoms with E-state index in [4.69, 9.17) is 9.47 Å². The molecule has 1 amide bonds. The second-order valence-corrected chi connectivity index (χ2v) is 5.71. The van der Waals surface area contributed by atoms with Gasteiger partial charge >= 0.3 is 0 Å². The molecule has 1 fully saturated rings. The summed E-state index contributed by atoms with van der Waals surface area (Å²) in [5.74, 6) is 1.26. The van der Waals surface area contributed by atoms with Crippen molar-refractivity contribution >= 4 is 5.91 Å². The number of fused-ring (bicyclic) bond motifs is 1. The molecule has 2 aliphatic rings. The first-order valence-corrected chi connectivity index (χ1v) is 7.26. The second kappa shape index (κ2) is 5.28. The average molecular weight is 286 g/mol. The van der Waals surface area contributed by atoms with Gasteiger partial charge in [0.1, 0.15) is 5.41 Å². The van der Waals surface area contributed by atoms with Gasteiger partial charge in [0.25, 0.3) is 0 Å². The van der Waals surface area contributed by atoms with Crippen LogP contribution in [-0.2, 0) is 4.79 Å². The quantitative estimate of drug-likeness (QED) is 0.927. The lowest BCUT2D eigenvalue weighted by Gasteiger charge is -2.23. The molecule has 0 radical (unpaired) electrons. The summed E-state index contributed by atoms with van der Waals surface area (Å²) in [6, 6.07) is 7.68. The second-order valence-electron chi connectivity index (χ2n) is 5.71. The van der Waals surface area contributed by atoms with Crippen LogP contribution in [0.15, 0.2) is 18.2 Å². The Bertz CT molecular complexity index is 600. The van der Waals surface area contributed by atoms with Crippen LogP contribution < -0.4 is 14.8 Å². The maximum absolute atomic E-state index is 12.4. The van der Waals surface area contributed by atoms with Crippen molar-refractivity contribution in [2.24, 2.45) is 5.41 Å². The van der Waals surface area contributed by atoms with Gasteiger partial charge in [-0.3, -0.25) is 4.79 Å². The summed E-state index contributed by atoms with van der Waals surface area (Å²) in [6.45, 7) is 2.15. The van der Waals surface area contributed by atoms with Crippen LogP contribution >= 0.6 is 0 Å². The lowest BCUT2D eigenvalue weighted by atomic mass is 9.86. The molecule has 3 rings (SSSR count). The molecule has 110 valence electrons. The highest BCUT2D eigenvalue weighted by molar-refractivity contribution is 5.86. The molecular weight excluding hydrogens is 268 g/mol. The molecule has 1 aromatic carbocycles. The summed E-state index contributed by atoms with van der Waals surface area (Å²) >= 11 is 0. The zero-order valence-corrected chi connectivity index (χ0v) is 12.0. The van der Waals surface area contributed by atoms with Crippen molar-refractivity contribution in [1.29, 1.82) is 5.26 Å². The lowest BCUT2D eigenvalue weighted by molar-refractivity contribution is -0.128. The Morgan fingerprint density at radius 2 is 2.05 bits per heavy atom. The maximum atomic E-state index is 12.4. The SMILES string of the molecule is CC(NC(=O)C1(C#N)CCCC1)c1ccc2c(c1)OCO2. The molecule has 0 saturated heterocycles. The fourth-order valence-electron chi connectivity index (χ4n) is 2.97. The largest absolute Gasteiger partial charge is 0.454 e. The van der Waals surface area contributed by atoms with E-state index in [0.29, 0.717) is 18.6 Å². The number of carbonyl (C=O) groups is 1. The molecule has 1 saturated carbocycles. The van der Waals surface area contributed by atoms with Gasteiger partial charge in [0, 0.05) is 0 Å². The van der Waals surface area contributed by atoms with Gasteiger partial charge in [0.15, 0.2) is 11.5 Å². The van der Waals surface area contributed by atoms with E-state index in [-0.39, 0.29) is 18.7 Å². The number of nitrogens with zero attached hydrogens (tertiary/aromatic N) is 1. The predicted octanol–water partition coefficient (Wildman–Crippen LogP) is 2.68. The van der Waals surface area contributed by atoms with Crippen LogP contribution in [0.3, 0.4) is 0 Å². The van der Waals surface area contributed by atoms with Gasteiger partial charge in [-0.05, 0) is 37.5 Å². The van der Waals surface area contributed by atoms with E-state index >= 15 is 0 Å². The predicted molar refractivity (Wildman–Crippen MR) is 75.6 cm³/mol. The Balaban J connectivity index is 1.73. The molecule has 1 aliphatic carbocycles. The average Bonchev–Trinajstić information content (AvgIpc) is 3.15. The molecule has 1 aliphatic heterocycles. The standard InChI is InChI=1S/C16H18N2O3/c1-11(12-4-5-13-14(8-12)21-10-20-13)18-15(19)16(9-17)6-2-3-7-16/h4-5,8,11H,2-3,6-7,10H2,1H3,(H,18,19). The molecule has 5 heteroatoms. The Kier molecular flexibility index (Phi) is 3.46. The van der Waals surface area contributed by atoms with E-state index in [1.807, 2.05) is 25.1 Å². The normalized spacial score (nSPS) is 19.8. The molecule has 1 aromatic rings. The number of hydrogen-bond acceptors (Lipinski definition) is 4. The summed E-state index contributed by atoms with van der Waals surface area (Å²) in [5.41, 5.74) is 0.101. The van der Waals surface area contributed by atoms with Crippen LogP contribution in [0.4, 0.5) is 0 Å². The highest BCUT2D eigenvalue weighted by Gasteiger charge is 2.41. The zero-order valence-electron chi connectivity index (χ0n) is 12.0. The minimum absolute atomic E-state index is 0.160. The number of hydrogen-bond donors (Lipinski definition) is 1. The van der Waals surface area contributed by atoms with E-state index in [1.165, 1.54) is 0 Å². The first-order valence-electron chi connectivity index (χ1n) is 7.26. The first kappa shape index (κ1) is 13.7. The third kappa shape index (κ3) is 2.42. The topological polar surface area (TPSA) is 71.4 Å². The minimum Gasteiger partial charge on any atom is -0.454 e. The minimum atomic E-state index is -0.843. The van der Waals surface area contributed by atoms with Crippen LogP contribution in [0.25, 0.3) is 0 Å². The number of nitriles is 1. The van der Waals surface area contributed by atoms with E-state index in [9.17, 15) is 10.1 Å². The monoisotopic (exact) mass is 286 g/mol. The Labute approximate surface area is 123 Å². The molecule has 0 aromatic heterocycles. The number of carbonyl (C=O) groups excluding carboxylic acids is 1. The number of nitrogens with one attached hydrogen (secondary N) is 1. The highest BCUT2D eigenvalue weighted by Crippen LogP contribution is 2.39. The number of ether oxygens (including phenoxy) is 2. The fraction of sp³-hybridized carbons (Fsp3) is 0.500. The molecule has 0 spiro atoms. The van der Waals surface area contributed by atoms with Crippen molar-refractivity contribution < 1.29 is 14.3 Å². The summed E-state index contributed by atoms with van der Waals surface area (Å²) in [5, 5.41) is 12.3. The van der Waals surface area contributed by atoms with Crippen LogP contribution in [0.2, 0.25) is 0 Å². The number of rotatable bonds is 3. The molecule has 0 bridgehead atoms. The van der Waals surface area contributed by atoms with Gasteiger partial charge < -0.3 is 14.8 Å². The van der Waals surface area contributed by atoms with Crippen molar-refractivity contribution in [3.63, 3.8) is 0 Å². The molecule has 1 heterocycles. The Morgan fingerprint density at radius 1 is 1.33 bits per heavy atom. The summed E-state index contributed by atoms with van der Waals surface area (Å²) in [6.07, 6.45) is 3.20.